The van der Waals surface area contributed by atoms with E-state index in [1.807, 2.05) is 6.92 Å². The second-order valence-corrected chi connectivity index (χ2v) is 6.00. The molecule has 0 aliphatic heterocycles. The third-order valence-corrected chi connectivity index (χ3v) is 4.52. The number of rotatable bonds is 4. The molecule has 0 spiro atoms. The Morgan fingerprint density at radius 3 is 1.95 bits per heavy atom. The van der Waals surface area contributed by atoms with Crippen LogP contribution in [-0.4, -0.2) is 24.6 Å². The van der Waals surface area contributed by atoms with Crippen LogP contribution in [0, 0.1) is 11.8 Å². The summed E-state index contributed by atoms with van der Waals surface area (Å²) in [5, 5.41) is 0. The number of hydrogen-bond donors (Lipinski definition) is 0. The van der Waals surface area contributed by atoms with Crippen LogP contribution in [0.3, 0.4) is 0 Å². The van der Waals surface area contributed by atoms with Crippen molar-refractivity contribution in [3.05, 3.63) is 0 Å². The van der Waals surface area contributed by atoms with Gasteiger partial charge in [0.15, 0.2) is 0 Å². The number of carbonyl (C=O) groups is 2. The molecule has 0 aromatic carbocycles. The Balaban J connectivity index is 1.72. The van der Waals surface area contributed by atoms with Crippen molar-refractivity contribution in [2.24, 2.45) is 11.8 Å². The Morgan fingerprint density at radius 1 is 0.850 bits per heavy atom. The summed E-state index contributed by atoms with van der Waals surface area (Å²) in [6, 6.07) is 0. The second-order valence-electron chi connectivity index (χ2n) is 6.00. The molecule has 0 aromatic rings. The van der Waals surface area contributed by atoms with Crippen molar-refractivity contribution in [2.45, 2.75) is 70.8 Å². The van der Waals surface area contributed by atoms with Gasteiger partial charge in [0.05, 0.1) is 18.4 Å². The van der Waals surface area contributed by atoms with E-state index >= 15 is 0 Å². The molecule has 2 aliphatic rings. The van der Waals surface area contributed by atoms with E-state index in [4.69, 9.17) is 9.47 Å². The average molecular weight is 282 g/mol. The molecule has 0 heterocycles. The van der Waals surface area contributed by atoms with Crippen LogP contribution in [0.15, 0.2) is 0 Å². The maximum Gasteiger partial charge on any atom is 0.309 e. The molecule has 0 amide bonds. The molecule has 0 bridgehead atoms. The summed E-state index contributed by atoms with van der Waals surface area (Å²) in [7, 11) is 0. The molecule has 114 valence electrons. The first kappa shape index (κ1) is 15.3. The zero-order valence-electron chi connectivity index (χ0n) is 12.4. The Morgan fingerprint density at radius 2 is 1.40 bits per heavy atom. The first-order valence-corrected chi connectivity index (χ1v) is 8.07. The van der Waals surface area contributed by atoms with Gasteiger partial charge in [-0.15, -0.1) is 0 Å². The fraction of sp³-hybridized carbons (Fsp3) is 0.875. The van der Waals surface area contributed by atoms with E-state index in [2.05, 4.69) is 0 Å². The van der Waals surface area contributed by atoms with Gasteiger partial charge in [0.2, 0.25) is 0 Å². The van der Waals surface area contributed by atoms with E-state index in [9.17, 15) is 9.59 Å². The minimum Gasteiger partial charge on any atom is -0.466 e. The molecule has 2 fully saturated rings. The summed E-state index contributed by atoms with van der Waals surface area (Å²) in [6.45, 7) is 2.26. The van der Waals surface area contributed by atoms with Gasteiger partial charge in [0.25, 0.3) is 0 Å². The predicted octanol–water partition coefficient (Wildman–Crippen LogP) is 3.23. The zero-order valence-corrected chi connectivity index (χ0v) is 12.4. The topological polar surface area (TPSA) is 52.6 Å². The SMILES string of the molecule is CCOC(=O)C1CCC(C(=O)OC2CCCCC2)CC1. The first-order valence-electron chi connectivity index (χ1n) is 8.07. The molecule has 2 rings (SSSR count). The second kappa shape index (κ2) is 7.65. The highest BCUT2D eigenvalue weighted by Gasteiger charge is 2.32. The molecule has 20 heavy (non-hydrogen) atoms. The van der Waals surface area contributed by atoms with E-state index in [1.165, 1.54) is 19.3 Å². The monoisotopic (exact) mass is 282 g/mol. The first-order chi connectivity index (χ1) is 9.70. The van der Waals surface area contributed by atoms with Crippen molar-refractivity contribution in [1.29, 1.82) is 0 Å². The van der Waals surface area contributed by atoms with Crippen LogP contribution in [0.2, 0.25) is 0 Å². The van der Waals surface area contributed by atoms with Gasteiger partial charge in [-0.1, -0.05) is 6.42 Å². The third-order valence-electron chi connectivity index (χ3n) is 4.52. The van der Waals surface area contributed by atoms with E-state index in [1.54, 1.807) is 0 Å². The molecule has 0 atom stereocenters. The highest BCUT2D eigenvalue weighted by Crippen LogP contribution is 2.31. The number of ether oxygens (including phenoxy) is 2. The van der Waals surface area contributed by atoms with Gasteiger partial charge in [0, 0.05) is 0 Å². The Labute approximate surface area is 121 Å². The lowest BCUT2D eigenvalue weighted by Crippen LogP contribution is -2.31. The largest absolute Gasteiger partial charge is 0.466 e. The van der Waals surface area contributed by atoms with Gasteiger partial charge in [-0.2, -0.15) is 0 Å². The van der Waals surface area contributed by atoms with E-state index in [0.717, 1.165) is 38.5 Å². The van der Waals surface area contributed by atoms with Crippen LogP contribution >= 0.6 is 0 Å². The molecule has 0 aromatic heterocycles. The van der Waals surface area contributed by atoms with Gasteiger partial charge in [-0.25, -0.2) is 0 Å². The summed E-state index contributed by atoms with van der Waals surface area (Å²) in [4.78, 5) is 23.8. The molecule has 0 N–H and O–H groups in total. The fourth-order valence-corrected chi connectivity index (χ4v) is 3.27. The van der Waals surface area contributed by atoms with Crippen LogP contribution in [-0.2, 0) is 19.1 Å². The molecule has 4 nitrogen and oxygen atoms in total. The molecular weight excluding hydrogens is 256 g/mol. The number of hydrogen-bond acceptors (Lipinski definition) is 4. The normalized spacial score (nSPS) is 27.9. The maximum atomic E-state index is 12.1. The van der Waals surface area contributed by atoms with Gasteiger partial charge in [-0.05, 0) is 58.3 Å². The predicted molar refractivity (Wildman–Crippen MR) is 75.0 cm³/mol. The summed E-state index contributed by atoms with van der Waals surface area (Å²) < 4.78 is 10.7. The van der Waals surface area contributed by atoms with Crippen molar-refractivity contribution >= 4 is 11.9 Å². The van der Waals surface area contributed by atoms with Gasteiger partial charge < -0.3 is 9.47 Å². The van der Waals surface area contributed by atoms with Crippen LogP contribution in [0.1, 0.15) is 64.7 Å². The lowest BCUT2D eigenvalue weighted by atomic mass is 9.82. The standard InChI is InChI=1S/C16H26O4/c1-2-19-15(17)12-8-10-13(11-9-12)16(18)20-14-6-4-3-5-7-14/h12-14H,2-11H2,1H3. The quantitative estimate of drug-likeness (QED) is 0.743. The smallest absolute Gasteiger partial charge is 0.309 e. The minimum absolute atomic E-state index is 0.0115. The number of esters is 2. The minimum atomic E-state index is -0.105. The highest BCUT2D eigenvalue weighted by molar-refractivity contribution is 5.75. The van der Waals surface area contributed by atoms with E-state index < -0.39 is 0 Å². The van der Waals surface area contributed by atoms with Gasteiger partial charge >= 0.3 is 11.9 Å². The lowest BCUT2D eigenvalue weighted by molar-refractivity contribution is -0.159. The molecular formula is C16H26O4. The molecule has 2 saturated carbocycles. The highest BCUT2D eigenvalue weighted by atomic mass is 16.5. The summed E-state index contributed by atoms with van der Waals surface area (Å²) >= 11 is 0. The Kier molecular flexibility index (Phi) is 5.86. The van der Waals surface area contributed by atoms with Crippen molar-refractivity contribution in [1.82, 2.24) is 0 Å². The van der Waals surface area contributed by atoms with Crippen molar-refractivity contribution in [2.75, 3.05) is 6.61 Å². The molecule has 4 heteroatoms. The van der Waals surface area contributed by atoms with Gasteiger partial charge in [0.1, 0.15) is 6.10 Å². The third kappa shape index (κ3) is 4.22. The van der Waals surface area contributed by atoms with Crippen molar-refractivity contribution in [3.63, 3.8) is 0 Å². The van der Waals surface area contributed by atoms with Crippen molar-refractivity contribution < 1.29 is 19.1 Å². The number of carbonyl (C=O) groups excluding carboxylic acids is 2. The van der Waals surface area contributed by atoms with Crippen LogP contribution in [0.5, 0.6) is 0 Å². The molecule has 2 aliphatic carbocycles. The Bertz CT molecular complexity index is 325. The fourth-order valence-electron chi connectivity index (χ4n) is 3.27. The molecule has 0 unspecified atom stereocenters. The zero-order chi connectivity index (χ0) is 14.4. The maximum absolute atomic E-state index is 12.1. The van der Waals surface area contributed by atoms with Crippen LogP contribution in [0.25, 0.3) is 0 Å². The summed E-state index contributed by atoms with van der Waals surface area (Å²) in [5.74, 6) is -0.179. The lowest BCUT2D eigenvalue weighted by Gasteiger charge is -2.28. The van der Waals surface area contributed by atoms with E-state index in [-0.39, 0.29) is 29.9 Å². The van der Waals surface area contributed by atoms with Crippen LogP contribution in [0.4, 0.5) is 0 Å². The summed E-state index contributed by atoms with van der Waals surface area (Å²) in [5.41, 5.74) is 0. The summed E-state index contributed by atoms with van der Waals surface area (Å²) in [6.07, 6.45) is 8.81. The molecule has 0 saturated heterocycles. The Hall–Kier alpha value is -1.06. The average Bonchev–Trinajstić information content (AvgIpc) is 2.48. The van der Waals surface area contributed by atoms with Crippen LogP contribution < -0.4 is 0 Å². The van der Waals surface area contributed by atoms with E-state index in [0.29, 0.717) is 6.61 Å². The molecule has 0 radical (unpaired) electrons. The van der Waals surface area contributed by atoms with Crippen molar-refractivity contribution in [3.8, 4) is 0 Å². The van der Waals surface area contributed by atoms with Gasteiger partial charge in [-0.3, -0.25) is 9.59 Å².